The Labute approximate surface area is 87.0 Å². The van der Waals surface area contributed by atoms with Crippen LogP contribution >= 0.6 is 0 Å². The second-order valence-corrected chi connectivity index (χ2v) is 5.34. The van der Waals surface area contributed by atoms with Gasteiger partial charge in [-0.3, -0.25) is 4.90 Å². The van der Waals surface area contributed by atoms with Gasteiger partial charge in [-0.05, 0) is 44.1 Å². The van der Waals surface area contributed by atoms with Crippen LogP contribution in [0.2, 0.25) is 0 Å². The molecule has 2 atom stereocenters. The molecule has 0 spiro atoms. The van der Waals surface area contributed by atoms with Crippen LogP contribution in [0.25, 0.3) is 0 Å². The van der Waals surface area contributed by atoms with Gasteiger partial charge in [0, 0.05) is 25.2 Å². The molecule has 0 bridgehead atoms. The van der Waals surface area contributed by atoms with E-state index in [2.05, 4.69) is 17.1 Å². The van der Waals surface area contributed by atoms with Crippen LogP contribution in [0.15, 0.2) is 0 Å². The monoisotopic (exact) mass is 194 g/mol. The van der Waals surface area contributed by atoms with Gasteiger partial charge >= 0.3 is 0 Å². The number of likely N-dealkylation sites (N-methyl/N-ethyl adjacent to an activating group) is 1. The van der Waals surface area contributed by atoms with E-state index in [1.165, 1.54) is 45.3 Å². The standard InChI is InChI=1S/C12H22N2/c1-2-14-8-11(9-3-4-9)13-7-12(14)10-5-6-10/h9-13H,2-8H2,1H3. The molecule has 80 valence electrons. The SMILES string of the molecule is CCN1CC(C2CC2)NCC1C1CC1. The molecule has 2 nitrogen and oxygen atoms in total. The van der Waals surface area contributed by atoms with Crippen LogP contribution < -0.4 is 5.32 Å². The van der Waals surface area contributed by atoms with E-state index in [1.807, 2.05) is 0 Å². The zero-order valence-corrected chi connectivity index (χ0v) is 9.21. The summed E-state index contributed by atoms with van der Waals surface area (Å²) in [5.41, 5.74) is 0. The molecule has 2 heteroatoms. The van der Waals surface area contributed by atoms with Crippen molar-refractivity contribution >= 4 is 0 Å². The quantitative estimate of drug-likeness (QED) is 0.732. The molecule has 2 saturated carbocycles. The predicted octanol–water partition coefficient (Wildman–Crippen LogP) is 1.47. The molecule has 1 aliphatic heterocycles. The van der Waals surface area contributed by atoms with Crippen LogP contribution in [0.1, 0.15) is 32.6 Å². The third-order valence-electron chi connectivity index (χ3n) is 4.25. The molecule has 0 aromatic rings. The maximum Gasteiger partial charge on any atom is 0.0249 e. The Morgan fingerprint density at radius 1 is 1.14 bits per heavy atom. The highest BCUT2D eigenvalue weighted by atomic mass is 15.2. The number of hydrogen-bond acceptors (Lipinski definition) is 2. The van der Waals surface area contributed by atoms with Crippen molar-refractivity contribution in [3.8, 4) is 0 Å². The van der Waals surface area contributed by atoms with Crippen molar-refractivity contribution in [1.82, 2.24) is 10.2 Å². The second-order valence-electron chi connectivity index (χ2n) is 5.34. The van der Waals surface area contributed by atoms with E-state index in [4.69, 9.17) is 0 Å². The summed E-state index contributed by atoms with van der Waals surface area (Å²) >= 11 is 0. The second kappa shape index (κ2) is 3.49. The van der Waals surface area contributed by atoms with Gasteiger partial charge in [0.05, 0.1) is 0 Å². The fourth-order valence-electron chi connectivity index (χ4n) is 2.98. The first-order valence-corrected chi connectivity index (χ1v) is 6.36. The van der Waals surface area contributed by atoms with Gasteiger partial charge in [-0.2, -0.15) is 0 Å². The van der Waals surface area contributed by atoms with Crippen LogP contribution in [0.3, 0.4) is 0 Å². The fourth-order valence-corrected chi connectivity index (χ4v) is 2.98. The van der Waals surface area contributed by atoms with Crippen molar-refractivity contribution in [2.45, 2.75) is 44.7 Å². The van der Waals surface area contributed by atoms with Crippen molar-refractivity contribution in [1.29, 1.82) is 0 Å². The minimum absolute atomic E-state index is 0.824. The average molecular weight is 194 g/mol. The maximum absolute atomic E-state index is 3.78. The van der Waals surface area contributed by atoms with Crippen LogP contribution in [0.5, 0.6) is 0 Å². The van der Waals surface area contributed by atoms with Crippen molar-refractivity contribution in [3.05, 3.63) is 0 Å². The van der Waals surface area contributed by atoms with Crippen molar-refractivity contribution in [2.24, 2.45) is 11.8 Å². The highest BCUT2D eigenvalue weighted by Crippen LogP contribution is 2.39. The summed E-state index contributed by atoms with van der Waals surface area (Å²) in [5.74, 6) is 2.05. The van der Waals surface area contributed by atoms with Gasteiger partial charge in [0.15, 0.2) is 0 Å². The van der Waals surface area contributed by atoms with E-state index in [9.17, 15) is 0 Å². The van der Waals surface area contributed by atoms with Crippen LogP contribution in [-0.4, -0.2) is 36.6 Å². The summed E-state index contributed by atoms with van der Waals surface area (Å²) in [7, 11) is 0. The fraction of sp³-hybridized carbons (Fsp3) is 1.00. The third kappa shape index (κ3) is 1.70. The summed E-state index contributed by atoms with van der Waals surface area (Å²) in [5, 5.41) is 3.78. The summed E-state index contributed by atoms with van der Waals surface area (Å²) in [4.78, 5) is 2.73. The van der Waals surface area contributed by atoms with Gasteiger partial charge in [0.25, 0.3) is 0 Å². The Morgan fingerprint density at radius 2 is 1.86 bits per heavy atom. The highest BCUT2D eigenvalue weighted by molar-refractivity contribution is 4.98. The average Bonchev–Trinajstić information content (AvgIpc) is 3.04. The van der Waals surface area contributed by atoms with E-state index in [1.54, 1.807) is 0 Å². The summed E-state index contributed by atoms with van der Waals surface area (Å²) in [6.45, 7) is 6.17. The van der Waals surface area contributed by atoms with E-state index in [0.717, 1.165) is 23.9 Å². The largest absolute Gasteiger partial charge is 0.311 e. The minimum atomic E-state index is 0.824. The minimum Gasteiger partial charge on any atom is -0.311 e. The molecular formula is C12H22N2. The number of nitrogens with zero attached hydrogens (tertiary/aromatic N) is 1. The molecule has 1 saturated heterocycles. The summed E-state index contributed by atoms with van der Waals surface area (Å²) < 4.78 is 0. The molecule has 0 aromatic heterocycles. The Balaban J connectivity index is 1.61. The molecule has 2 unspecified atom stereocenters. The Morgan fingerprint density at radius 3 is 2.43 bits per heavy atom. The Kier molecular flexibility index (Phi) is 2.29. The maximum atomic E-state index is 3.78. The van der Waals surface area contributed by atoms with Crippen LogP contribution in [0.4, 0.5) is 0 Å². The molecule has 1 N–H and O–H groups in total. The number of nitrogens with one attached hydrogen (secondary N) is 1. The first kappa shape index (κ1) is 9.17. The Bertz CT molecular complexity index is 208. The molecular weight excluding hydrogens is 172 g/mol. The van der Waals surface area contributed by atoms with Crippen molar-refractivity contribution in [2.75, 3.05) is 19.6 Å². The summed E-state index contributed by atoms with van der Waals surface area (Å²) in [6.07, 6.45) is 5.92. The highest BCUT2D eigenvalue weighted by Gasteiger charge is 2.41. The van der Waals surface area contributed by atoms with Gasteiger partial charge in [-0.1, -0.05) is 6.92 Å². The lowest BCUT2D eigenvalue weighted by atomic mass is 10.0. The molecule has 2 aliphatic carbocycles. The topological polar surface area (TPSA) is 15.3 Å². The van der Waals surface area contributed by atoms with E-state index in [-0.39, 0.29) is 0 Å². The third-order valence-corrected chi connectivity index (χ3v) is 4.25. The van der Waals surface area contributed by atoms with Gasteiger partial charge < -0.3 is 5.32 Å². The van der Waals surface area contributed by atoms with Gasteiger partial charge in [-0.15, -0.1) is 0 Å². The first-order chi connectivity index (χ1) is 6.88. The van der Waals surface area contributed by atoms with E-state index in [0.29, 0.717) is 0 Å². The zero-order chi connectivity index (χ0) is 9.54. The molecule has 3 aliphatic rings. The van der Waals surface area contributed by atoms with E-state index < -0.39 is 0 Å². The smallest absolute Gasteiger partial charge is 0.0249 e. The molecule has 0 radical (unpaired) electrons. The predicted molar refractivity (Wildman–Crippen MR) is 58.3 cm³/mol. The Hall–Kier alpha value is -0.0800. The van der Waals surface area contributed by atoms with Crippen LogP contribution in [-0.2, 0) is 0 Å². The van der Waals surface area contributed by atoms with Crippen molar-refractivity contribution < 1.29 is 0 Å². The molecule has 3 fully saturated rings. The normalized spacial score (nSPS) is 40.1. The van der Waals surface area contributed by atoms with Gasteiger partial charge in [-0.25, -0.2) is 0 Å². The van der Waals surface area contributed by atoms with Crippen molar-refractivity contribution in [3.63, 3.8) is 0 Å². The number of hydrogen-bond donors (Lipinski definition) is 1. The number of rotatable bonds is 3. The molecule has 14 heavy (non-hydrogen) atoms. The summed E-state index contributed by atoms with van der Waals surface area (Å²) in [6, 6.07) is 1.69. The lowest BCUT2D eigenvalue weighted by Gasteiger charge is -2.40. The van der Waals surface area contributed by atoms with Gasteiger partial charge in [0.2, 0.25) is 0 Å². The molecule has 1 heterocycles. The molecule has 0 aromatic carbocycles. The number of piperazine rings is 1. The van der Waals surface area contributed by atoms with Gasteiger partial charge in [0.1, 0.15) is 0 Å². The molecule has 0 amide bonds. The van der Waals surface area contributed by atoms with Crippen LogP contribution in [0, 0.1) is 11.8 Å². The lowest BCUT2D eigenvalue weighted by molar-refractivity contribution is 0.114. The zero-order valence-electron chi connectivity index (χ0n) is 9.21. The first-order valence-electron chi connectivity index (χ1n) is 6.36. The van der Waals surface area contributed by atoms with E-state index >= 15 is 0 Å². The molecule has 3 rings (SSSR count). The lowest BCUT2D eigenvalue weighted by Crippen LogP contribution is -2.57.